The van der Waals surface area contributed by atoms with Gasteiger partial charge in [-0.1, -0.05) is 71.8 Å². The molecule has 1 aliphatic heterocycles. The van der Waals surface area contributed by atoms with Gasteiger partial charge in [0.05, 0.1) is 12.1 Å². The standard InChI is InChI=1S/C41H63N7O7/c1-8-16-27(34(49)38(53)42-21-9-2)43-37(52)31-29-26(41(29,3)4)22-48(31)39(54)30(25-19-14-11-15-20-25)45-40(55)44-28(24-17-12-10-13-18-24)23-47(7)33-32(46(5)6)35(50)36(33)51/h9,24-31H,2,8,10-23H2,1,3-7H3,(H,42,53)(H,43,52)(H2,44,45,55)/t26-,27?,28+,29-,30-,31-/m0/s1. The summed E-state index contributed by atoms with van der Waals surface area (Å²) in [5.74, 6) is -2.31. The minimum atomic E-state index is -1.04. The zero-order valence-electron chi connectivity index (χ0n) is 33.7. The lowest BCUT2D eigenvalue weighted by Crippen LogP contribution is -2.61. The number of likely N-dealkylation sites (N-methyl/N-ethyl adjacent to an activating group) is 1. The number of hydrogen-bond acceptors (Lipinski definition) is 9. The quantitative estimate of drug-likeness (QED) is 0.137. The van der Waals surface area contributed by atoms with Gasteiger partial charge in [-0.2, -0.15) is 0 Å². The number of piperidine rings is 1. The molecule has 5 rings (SSSR count). The highest BCUT2D eigenvalue weighted by Gasteiger charge is 2.69. The number of anilines is 2. The smallest absolute Gasteiger partial charge is 0.315 e. The molecule has 0 bridgehead atoms. The summed E-state index contributed by atoms with van der Waals surface area (Å²) in [6.45, 7) is 10.4. The maximum Gasteiger partial charge on any atom is 0.315 e. The minimum Gasteiger partial charge on any atom is -0.373 e. The number of carbonyl (C=O) groups is 5. The molecule has 304 valence electrons. The third-order valence-electron chi connectivity index (χ3n) is 13.0. The van der Waals surface area contributed by atoms with Crippen molar-refractivity contribution < 1.29 is 24.0 Å². The number of rotatable bonds is 17. The Balaban J connectivity index is 1.36. The van der Waals surface area contributed by atoms with Crippen LogP contribution < -0.4 is 41.9 Å². The molecule has 1 heterocycles. The number of fused-ring (bicyclic) bond motifs is 1. The van der Waals surface area contributed by atoms with Crippen molar-refractivity contribution in [3.63, 3.8) is 0 Å². The molecule has 4 N–H and O–H groups in total. The average Bonchev–Trinajstić information content (AvgIpc) is 3.46. The van der Waals surface area contributed by atoms with E-state index in [1.165, 1.54) is 6.08 Å². The molecule has 0 spiro atoms. The Labute approximate surface area is 325 Å². The molecule has 3 aliphatic carbocycles. The van der Waals surface area contributed by atoms with Crippen molar-refractivity contribution in [1.82, 2.24) is 26.2 Å². The Bertz CT molecular complexity index is 1670. The topological polar surface area (TPSA) is 177 Å². The summed E-state index contributed by atoms with van der Waals surface area (Å²) in [6, 6.07) is -3.58. The molecule has 4 aliphatic rings. The third kappa shape index (κ3) is 8.93. The number of Topliss-reactive ketones (excluding diaryl/α,β-unsaturated/α-hetero) is 1. The average molecular weight is 766 g/mol. The van der Waals surface area contributed by atoms with Crippen LogP contribution >= 0.6 is 0 Å². The van der Waals surface area contributed by atoms with E-state index in [4.69, 9.17) is 0 Å². The van der Waals surface area contributed by atoms with Crippen LogP contribution in [0.5, 0.6) is 0 Å². The van der Waals surface area contributed by atoms with Gasteiger partial charge in [-0.3, -0.25) is 28.8 Å². The summed E-state index contributed by atoms with van der Waals surface area (Å²) in [5, 5.41) is 11.6. The number of amides is 5. The molecule has 55 heavy (non-hydrogen) atoms. The highest BCUT2D eigenvalue weighted by Crippen LogP contribution is 2.65. The van der Waals surface area contributed by atoms with E-state index >= 15 is 0 Å². The normalized spacial score (nSPS) is 23.8. The number of carbonyl (C=O) groups excluding carboxylic acids is 5. The Hall–Kier alpha value is -4.23. The fourth-order valence-electron chi connectivity index (χ4n) is 9.79. The SMILES string of the molecule is C=CCNC(=O)C(=O)C(CCC)NC(=O)[C@@H]1[C@@H]2[C@H](CN1C(=O)[C@@H](NC(=O)N[C@H](CN(C)c1c(N(C)C)c(=O)c1=O)C1CCCCC1)C1CCCCC1)C2(C)C. The van der Waals surface area contributed by atoms with E-state index in [-0.39, 0.29) is 54.0 Å². The van der Waals surface area contributed by atoms with Crippen LogP contribution in [0.15, 0.2) is 22.2 Å². The van der Waals surface area contributed by atoms with Gasteiger partial charge in [-0.25, -0.2) is 4.79 Å². The first-order valence-electron chi connectivity index (χ1n) is 20.5. The molecule has 6 atom stereocenters. The van der Waals surface area contributed by atoms with Gasteiger partial charge in [0.25, 0.3) is 16.8 Å². The molecule has 1 unspecified atom stereocenters. The maximum atomic E-state index is 14.8. The van der Waals surface area contributed by atoms with Gasteiger partial charge < -0.3 is 36.0 Å². The first-order valence-corrected chi connectivity index (χ1v) is 20.5. The van der Waals surface area contributed by atoms with Gasteiger partial charge >= 0.3 is 6.03 Å². The van der Waals surface area contributed by atoms with Gasteiger partial charge in [0.15, 0.2) is 0 Å². The predicted octanol–water partition coefficient (Wildman–Crippen LogP) is 2.62. The van der Waals surface area contributed by atoms with Gasteiger partial charge in [0, 0.05) is 40.8 Å². The molecule has 4 fully saturated rings. The lowest BCUT2D eigenvalue weighted by atomic mass is 9.82. The summed E-state index contributed by atoms with van der Waals surface area (Å²) >= 11 is 0. The summed E-state index contributed by atoms with van der Waals surface area (Å²) in [7, 11) is 5.23. The molecular formula is C41H63N7O7. The summed E-state index contributed by atoms with van der Waals surface area (Å²) < 4.78 is 0. The van der Waals surface area contributed by atoms with Crippen LogP contribution in [-0.2, 0) is 19.2 Å². The molecule has 14 nitrogen and oxygen atoms in total. The molecule has 1 aromatic rings. The summed E-state index contributed by atoms with van der Waals surface area (Å²) in [5.41, 5.74) is -0.546. The number of likely N-dealkylation sites (tertiary alicyclic amines) is 1. The first kappa shape index (κ1) is 41.9. The predicted molar refractivity (Wildman–Crippen MR) is 213 cm³/mol. The van der Waals surface area contributed by atoms with Crippen LogP contribution in [0.4, 0.5) is 16.2 Å². The number of hydrogen-bond donors (Lipinski definition) is 4. The molecule has 1 saturated heterocycles. The van der Waals surface area contributed by atoms with E-state index in [1.807, 2.05) is 6.92 Å². The zero-order chi connectivity index (χ0) is 40.2. The van der Waals surface area contributed by atoms with Crippen LogP contribution in [-0.4, -0.2) is 99.4 Å². The van der Waals surface area contributed by atoms with Crippen molar-refractivity contribution >= 4 is 40.9 Å². The Morgan fingerprint density at radius 2 is 1.47 bits per heavy atom. The van der Waals surface area contributed by atoms with Crippen LogP contribution in [0.3, 0.4) is 0 Å². The number of nitrogens with one attached hydrogen (secondary N) is 4. The lowest BCUT2D eigenvalue weighted by Gasteiger charge is -2.38. The van der Waals surface area contributed by atoms with E-state index in [0.717, 1.165) is 64.2 Å². The first-order chi connectivity index (χ1) is 26.1. The van der Waals surface area contributed by atoms with Crippen LogP contribution in [0.1, 0.15) is 97.8 Å². The van der Waals surface area contributed by atoms with E-state index in [0.29, 0.717) is 30.9 Å². The van der Waals surface area contributed by atoms with Gasteiger partial charge in [-0.05, 0) is 61.2 Å². The van der Waals surface area contributed by atoms with Crippen molar-refractivity contribution in [3.8, 4) is 0 Å². The maximum absolute atomic E-state index is 14.8. The van der Waals surface area contributed by atoms with Crippen molar-refractivity contribution in [2.24, 2.45) is 29.1 Å². The monoisotopic (exact) mass is 765 g/mol. The Kier molecular flexibility index (Phi) is 13.5. The highest BCUT2D eigenvalue weighted by atomic mass is 16.2. The van der Waals surface area contributed by atoms with Gasteiger partial charge in [0.2, 0.25) is 17.6 Å². The Morgan fingerprint density at radius 3 is 2.05 bits per heavy atom. The zero-order valence-corrected chi connectivity index (χ0v) is 33.7. The molecule has 0 radical (unpaired) electrons. The van der Waals surface area contributed by atoms with Crippen molar-refractivity contribution in [2.45, 2.75) is 122 Å². The summed E-state index contributed by atoms with van der Waals surface area (Å²) in [4.78, 5) is 98.9. The lowest BCUT2D eigenvalue weighted by molar-refractivity contribution is -0.144. The van der Waals surface area contributed by atoms with E-state index in [1.54, 1.807) is 35.8 Å². The number of ketones is 1. The molecule has 3 saturated carbocycles. The van der Waals surface area contributed by atoms with E-state index in [9.17, 15) is 33.6 Å². The third-order valence-corrected chi connectivity index (χ3v) is 13.0. The van der Waals surface area contributed by atoms with Crippen molar-refractivity contribution in [1.29, 1.82) is 0 Å². The summed E-state index contributed by atoms with van der Waals surface area (Å²) in [6.07, 6.45) is 11.7. The largest absolute Gasteiger partial charge is 0.373 e. The Morgan fingerprint density at radius 1 is 0.873 bits per heavy atom. The molecule has 0 aromatic heterocycles. The van der Waals surface area contributed by atoms with Gasteiger partial charge in [0.1, 0.15) is 23.5 Å². The van der Waals surface area contributed by atoms with Crippen LogP contribution in [0.2, 0.25) is 0 Å². The number of nitrogens with zero attached hydrogens (tertiary/aromatic N) is 3. The highest BCUT2D eigenvalue weighted by molar-refractivity contribution is 6.38. The molecule has 1 aromatic carbocycles. The van der Waals surface area contributed by atoms with Crippen molar-refractivity contribution in [3.05, 3.63) is 33.1 Å². The molecule has 5 amide bonds. The fourth-order valence-corrected chi connectivity index (χ4v) is 9.79. The van der Waals surface area contributed by atoms with E-state index in [2.05, 4.69) is 41.7 Å². The van der Waals surface area contributed by atoms with Crippen LogP contribution in [0, 0.1) is 29.1 Å². The van der Waals surface area contributed by atoms with Gasteiger partial charge in [-0.15, -0.1) is 6.58 Å². The second-order valence-corrected chi connectivity index (χ2v) is 17.2. The molecule has 14 heteroatoms. The van der Waals surface area contributed by atoms with Crippen molar-refractivity contribution in [2.75, 3.05) is 50.6 Å². The molecular weight excluding hydrogens is 702 g/mol. The van der Waals surface area contributed by atoms with Crippen LogP contribution in [0.25, 0.3) is 0 Å². The number of urea groups is 1. The minimum absolute atomic E-state index is 0.0814. The fraction of sp³-hybridized carbons (Fsp3) is 0.732. The second-order valence-electron chi connectivity index (χ2n) is 17.2. The second kappa shape index (κ2) is 17.7. The van der Waals surface area contributed by atoms with E-state index < -0.39 is 52.6 Å².